The molecule has 2 heterocycles. The fourth-order valence-electron chi connectivity index (χ4n) is 2.89. The average molecular weight is 358 g/mol. The van der Waals surface area contributed by atoms with E-state index in [1.165, 1.54) is 24.2 Å². The van der Waals surface area contributed by atoms with Crippen molar-refractivity contribution < 1.29 is 0 Å². The van der Waals surface area contributed by atoms with Gasteiger partial charge in [0.25, 0.3) is 0 Å². The molecule has 1 atom stereocenters. The Balaban J connectivity index is 1.47. The quantitative estimate of drug-likeness (QED) is 0.591. The summed E-state index contributed by atoms with van der Waals surface area (Å²) in [6, 6.07) is 10.5. The molecule has 1 fully saturated rings. The molecule has 3 rings (SSSR count). The number of hydrogen-bond acceptors (Lipinski definition) is 3. The zero-order chi connectivity index (χ0) is 17.3. The summed E-state index contributed by atoms with van der Waals surface area (Å²) < 4.78 is 1.87. The van der Waals surface area contributed by atoms with Crippen molar-refractivity contribution in [2.24, 2.45) is 4.99 Å². The Morgan fingerprint density at radius 3 is 2.88 bits per heavy atom. The molecular weight excluding hydrogens is 330 g/mol. The van der Waals surface area contributed by atoms with E-state index in [1.807, 2.05) is 16.9 Å². The van der Waals surface area contributed by atoms with Gasteiger partial charge in [-0.2, -0.15) is 16.9 Å². The van der Waals surface area contributed by atoms with Crippen molar-refractivity contribution in [3.05, 3.63) is 48.3 Å². The summed E-state index contributed by atoms with van der Waals surface area (Å²) in [5.74, 6) is 2.22. The molecule has 1 aromatic carbocycles. The van der Waals surface area contributed by atoms with Gasteiger partial charge >= 0.3 is 0 Å². The lowest BCUT2D eigenvalue weighted by atomic mass is 10.1. The van der Waals surface area contributed by atoms with E-state index in [9.17, 15) is 0 Å². The molecule has 0 radical (unpaired) electrons. The van der Waals surface area contributed by atoms with Crippen LogP contribution >= 0.6 is 11.8 Å². The highest BCUT2D eigenvalue weighted by Gasteiger charge is 2.14. The first-order valence-electron chi connectivity index (χ1n) is 9.08. The molecule has 0 bridgehead atoms. The Hall–Kier alpha value is -1.95. The van der Waals surface area contributed by atoms with Crippen molar-refractivity contribution in [2.75, 3.05) is 25.4 Å². The minimum Gasteiger partial charge on any atom is -0.357 e. The van der Waals surface area contributed by atoms with E-state index in [0.717, 1.165) is 37.7 Å². The molecule has 0 amide bonds. The summed E-state index contributed by atoms with van der Waals surface area (Å²) in [5, 5.41) is 11.7. The fourth-order valence-corrected chi connectivity index (χ4v) is 4.07. The van der Waals surface area contributed by atoms with E-state index in [1.54, 1.807) is 6.20 Å². The summed E-state index contributed by atoms with van der Waals surface area (Å²) in [5.41, 5.74) is 2.40. The van der Waals surface area contributed by atoms with Crippen LogP contribution in [-0.4, -0.2) is 46.4 Å². The van der Waals surface area contributed by atoms with Crippen LogP contribution < -0.4 is 10.6 Å². The van der Waals surface area contributed by atoms with Gasteiger partial charge in [-0.1, -0.05) is 12.1 Å². The number of aliphatic imine (C=N–C) groups is 1. The van der Waals surface area contributed by atoms with Crippen molar-refractivity contribution in [1.29, 1.82) is 0 Å². The molecule has 134 valence electrons. The molecule has 1 saturated heterocycles. The smallest absolute Gasteiger partial charge is 0.191 e. The lowest BCUT2D eigenvalue weighted by Crippen LogP contribution is -2.38. The Kier molecular flexibility index (Phi) is 6.79. The summed E-state index contributed by atoms with van der Waals surface area (Å²) in [6.45, 7) is 4.79. The highest BCUT2D eigenvalue weighted by Crippen LogP contribution is 2.25. The van der Waals surface area contributed by atoms with Crippen LogP contribution in [0.4, 0.5) is 0 Å². The van der Waals surface area contributed by atoms with Gasteiger partial charge in [0.2, 0.25) is 0 Å². The zero-order valence-electron chi connectivity index (χ0n) is 14.8. The standard InChI is InChI=1S/C19H27N5S/c1-2-20-19(22-15-18-5-3-14-25-18)21-12-10-16-6-8-17(9-7-16)24-13-4-11-23-24/h4,6-9,11,13,18H,2-3,5,10,12,14-15H2,1H3,(H2,20,21,22). The number of rotatable bonds is 7. The number of thioether (sulfide) groups is 1. The van der Waals surface area contributed by atoms with Gasteiger partial charge in [0.05, 0.1) is 12.2 Å². The van der Waals surface area contributed by atoms with Crippen LogP contribution in [0.15, 0.2) is 47.7 Å². The lowest BCUT2D eigenvalue weighted by Gasteiger charge is -2.13. The largest absolute Gasteiger partial charge is 0.357 e. The first-order valence-corrected chi connectivity index (χ1v) is 10.1. The molecule has 1 aliphatic rings. The zero-order valence-corrected chi connectivity index (χ0v) is 15.6. The van der Waals surface area contributed by atoms with Crippen molar-refractivity contribution >= 4 is 17.7 Å². The van der Waals surface area contributed by atoms with Gasteiger partial charge in [-0.25, -0.2) is 4.68 Å². The number of hydrogen-bond donors (Lipinski definition) is 2. The lowest BCUT2D eigenvalue weighted by molar-refractivity contribution is 0.760. The SMILES string of the molecule is CCNC(=NCC1CCCS1)NCCc1ccc(-n2cccn2)cc1. The van der Waals surface area contributed by atoms with Gasteiger partial charge in [0.1, 0.15) is 0 Å². The Bertz CT molecular complexity index is 645. The molecule has 1 aromatic heterocycles. The highest BCUT2D eigenvalue weighted by atomic mass is 32.2. The number of aromatic nitrogens is 2. The summed E-state index contributed by atoms with van der Waals surface area (Å²) in [7, 11) is 0. The Morgan fingerprint density at radius 1 is 1.32 bits per heavy atom. The van der Waals surface area contributed by atoms with Crippen LogP contribution in [0.5, 0.6) is 0 Å². The van der Waals surface area contributed by atoms with E-state index < -0.39 is 0 Å². The van der Waals surface area contributed by atoms with Crippen LogP contribution in [-0.2, 0) is 6.42 Å². The van der Waals surface area contributed by atoms with Crippen LogP contribution in [0.2, 0.25) is 0 Å². The van der Waals surface area contributed by atoms with E-state index in [2.05, 4.69) is 58.7 Å². The molecule has 1 aliphatic heterocycles. The van der Waals surface area contributed by atoms with Gasteiger partial charge in [0, 0.05) is 30.7 Å². The van der Waals surface area contributed by atoms with Gasteiger partial charge in [-0.3, -0.25) is 4.99 Å². The van der Waals surface area contributed by atoms with E-state index >= 15 is 0 Å². The molecule has 5 nitrogen and oxygen atoms in total. The summed E-state index contributed by atoms with van der Waals surface area (Å²) in [6.07, 6.45) is 7.36. The maximum Gasteiger partial charge on any atom is 0.191 e. The van der Waals surface area contributed by atoms with Crippen LogP contribution in [0.3, 0.4) is 0 Å². The third kappa shape index (κ3) is 5.53. The number of guanidine groups is 1. The second-order valence-corrected chi connectivity index (χ2v) is 7.56. The minimum absolute atomic E-state index is 0.699. The number of nitrogens with zero attached hydrogens (tertiary/aromatic N) is 3. The molecule has 2 N–H and O–H groups in total. The van der Waals surface area contributed by atoms with Gasteiger partial charge < -0.3 is 10.6 Å². The molecule has 0 saturated carbocycles. The van der Waals surface area contributed by atoms with Crippen molar-refractivity contribution in [2.45, 2.75) is 31.4 Å². The predicted octanol–water partition coefficient (Wildman–Crippen LogP) is 2.87. The summed E-state index contributed by atoms with van der Waals surface area (Å²) >= 11 is 2.05. The monoisotopic (exact) mass is 357 g/mol. The molecular formula is C19H27N5S. The third-order valence-corrected chi connectivity index (χ3v) is 5.61. The maximum atomic E-state index is 4.74. The average Bonchev–Trinajstić information content (AvgIpc) is 3.34. The number of nitrogens with one attached hydrogen (secondary N) is 2. The molecule has 1 unspecified atom stereocenters. The van der Waals surface area contributed by atoms with Crippen LogP contribution in [0.25, 0.3) is 5.69 Å². The number of benzene rings is 1. The fraction of sp³-hybridized carbons (Fsp3) is 0.474. The topological polar surface area (TPSA) is 54.2 Å². The minimum atomic E-state index is 0.699. The molecule has 25 heavy (non-hydrogen) atoms. The summed E-state index contributed by atoms with van der Waals surface area (Å²) in [4.78, 5) is 4.74. The van der Waals surface area contributed by atoms with Crippen molar-refractivity contribution in [3.63, 3.8) is 0 Å². The van der Waals surface area contributed by atoms with E-state index in [4.69, 9.17) is 4.99 Å². The van der Waals surface area contributed by atoms with Crippen LogP contribution in [0, 0.1) is 0 Å². The second-order valence-electron chi connectivity index (χ2n) is 6.15. The molecule has 0 aliphatic carbocycles. The van der Waals surface area contributed by atoms with E-state index in [-0.39, 0.29) is 0 Å². The first-order chi connectivity index (χ1) is 12.3. The van der Waals surface area contributed by atoms with E-state index in [0.29, 0.717) is 5.25 Å². The molecule has 2 aromatic rings. The normalized spacial score (nSPS) is 17.6. The molecule has 0 spiro atoms. The second kappa shape index (κ2) is 9.51. The van der Waals surface area contributed by atoms with Crippen molar-refractivity contribution in [3.8, 4) is 5.69 Å². The van der Waals surface area contributed by atoms with Crippen LogP contribution in [0.1, 0.15) is 25.3 Å². The van der Waals surface area contributed by atoms with Crippen molar-refractivity contribution in [1.82, 2.24) is 20.4 Å². The Morgan fingerprint density at radius 2 is 2.20 bits per heavy atom. The molecule has 6 heteroatoms. The van der Waals surface area contributed by atoms with Gasteiger partial charge in [0.15, 0.2) is 5.96 Å². The highest BCUT2D eigenvalue weighted by molar-refractivity contribution is 8.00. The first kappa shape index (κ1) is 17.9. The predicted molar refractivity (Wildman–Crippen MR) is 107 cm³/mol. The Labute approximate surface area is 154 Å². The van der Waals surface area contributed by atoms with Gasteiger partial charge in [-0.05, 0) is 55.7 Å². The third-order valence-electron chi connectivity index (χ3n) is 4.23. The maximum absolute atomic E-state index is 4.74. The van der Waals surface area contributed by atoms with Gasteiger partial charge in [-0.15, -0.1) is 0 Å².